The lowest BCUT2D eigenvalue weighted by Crippen LogP contribution is -2.37. The molecule has 0 saturated carbocycles. The molecule has 2 fully saturated rings. The number of morpholine rings is 1. The van der Waals surface area contributed by atoms with Gasteiger partial charge in [-0.3, -0.25) is 4.90 Å². The van der Waals surface area contributed by atoms with Crippen molar-refractivity contribution in [3.63, 3.8) is 0 Å². The molecule has 0 spiro atoms. The summed E-state index contributed by atoms with van der Waals surface area (Å²) < 4.78 is 11.5. The minimum atomic E-state index is 0.146. The average Bonchev–Trinajstić information content (AvgIpc) is 2.99. The Morgan fingerprint density at radius 2 is 1.89 bits per heavy atom. The molecule has 150 valence electrons. The standard InChI is InChI=1S/C21H29N5O2/c1-2-5-18(6-3-1)15-25-7-4-10-28-19(16-25)14-22-20-13-21(24-17-23-20)26-8-11-27-12-9-26/h1-3,5-6,13,17,19H,4,7-12,14-16H2,(H,22,23,24). The number of nitrogens with zero attached hydrogens (tertiary/aromatic N) is 4. The van der Waals surface area contributed by atoms with Crippen LogP contribution in [0, 0.1) is 0 Å². The van der Waals surface area contributed by atoms with Crippen LogP contribution >= 0.6 is 0 Å². The molecule has 2 aliphatic rings. The van der Waals surface area contributed by atoms with Gasteiger partial charge in [0.05, 0.1) is 19.3 Å². The van der Waals surface area contributed by atoms with Crippen LogP contribution in [-0.4, -0.2) is 73.5 Å². The van der Waals surface area contributed by atoms with Gasteiger partial charge in [-0.05, 0) is 12.0 Å². The summed E-state index contributed by atoms with van der Waals surface area (Å²) in [6, 6.07) is 12.7. The number of anilines is 2. The Bertz CT molecular complexity index is 724. The SMILES string of the molecule is c1ccc(CN2CCCOC(CNc3cc(N4CCOCC4)ncn3)C2)cc1. The second-order valence-electron chi connectivity index (χ2n) is 7.31. The predicted octanol–water partition coefficient (Wildman–Crippen LogP) is 2.02. The molecule has 1 atom stereocenters. The molecule has 2 aromatic rings. The van der Waals surface area contributed by atoms with Crippen molar-refractivity contribution in [1.82, 2.24) is 14.9 Å². The number of benzene rings is 1. The van der Waals surface area contributed by atoms with E-state index in [1.54, 1.807) is 6.33 Å². The Morgan fingerprint density at radius 3 is 2.75 bits per heavy atom. The lowest BCUT2D eigenvalue weighted by atomic mass is 10.2. The van der Waals surface area contributed by atoms with Crippen molar-refractivity contribution < 1.29 is 9.47 Å². The Labute approximate surface area is 166 Å². The van der Waals surface area contributed by atoms with E-state index in [9.17, 15) is 0 Å². The van der Waals surface area contributed by atoms with E-state index in [2.05, 4.69) is 55.4 Å². The fourth-order valence-electron chi connectivity index (χ4n) is 3.71. The number of hydrogen-bond donors (Lipinski definition) is 1. The first-order valence-corrected chi connectivity index (χ1v) is 10.1. The van der Waals surface area contributed by atoms with Gasteiger partial charge in [0, 0.05) is 51.9 Å². The molecule has 0 bridgehead atoms. The molecule has 1 aromatic heterocycles. The summed E-state index contributed by atoms with van der Waals surface area (Å²) in [5, 5.41) is 3.45. The number of aromatic nitrogens is 2. The summed E-state index contributed by atoms with van der Waals surface area (Å²) in [7, 11) is 0. The summed E-state index contributed by atoms with van der Waals surface area (Å²) in [5.41, 5.74) is 1.35. The first kappa shape index (κ1) is 19.1. The molecule has 0 aliphatic carbocycles. The third-order valence-corrected chi connectivity index (χ3v) is 5.18. The molecule has 0 radical (unpaired) electrons. The Hall–Kier alpha value is -2.22. The van der Waals surface area contributed by atoms with E-state index in [4.69, 9.17) is 9.47 Å². The zero-order valence-electron chi connectivity index (χ0n) is 16.3. The van der Waals surface area contributed by atoms with Crippen molar-refractivity contribution in [2.24, 2.45) is 0 Å². The molecule has 7 nitrogen and oxygen atoms in total. The highest BCUT2D eigenvalue weighted by atomic mass is 16.5. The third kappa shape index (κ3) is 5.41. The van der Waals surface area contributed by atoms with Gasteiger partial charge in [0.15, 0.2) is 0 Å². The second kappa shape index (κ2) is 9.82. The van der Waals surface area contributed by atoms with Crippen LogP contribution in [-0.2, 0) is 16.0 Å². The minimum Gasteiger partial charge on any atom is -0.378 e. The predicted molar refractivity (Wildman–Crippen MR) is 110 cm³/mol. The highest BCUT2D eigenvalue weighted by Gasteiger charge is 2.19. The van der Waals surface area contributed by atoms with Crippen LogP contribution < -0.4 is 10.2 Å². The number of rotatable bonds is 6. The molecule has 2 saturated heterocycles. The van der Waals surface area contributed by atoms with Crippen LogP contribution in [0.25, 0.3) is 0 Å². The molecule has 28 heavy (non-hydrogen) atoms. The lowest BCUT2D eigenvalue weighted by molar-refractivity contribution is 0.0624. The fraction of sp³-hybridized carbons (Fsp3) is 0.524. The van der Waals surface area contributed by atoms with E-state index < -0.39 is 0 Å². The Morgan fingerprint density at radius 1 is 1.04 bits per heavy atom. The molecule has 3 heterocycles. The number of nitrogens with one attached hydrogen (secondary N) is 1. The lowest BCUT2D eigenvalue weighted by Gasteiger charge is -2.28. The van der Waals surface area contributed by atoms with Crippen LogP contribution in [0.5, 0.6) is 0 Å². The van der Waals surface area contributed by atoms with Crippen molar-refractivity contribution in [2.75, 3.05) is 62.8 Å². The van der Waals surface area contributed by atoms with Crippen LogP contribution in [0.2, 0.25) is 0 Å². The van der Waals surface area contributed by atoms with Gasteiger partial charge in [0.2, 0.25) is 0 Å². The van der Waals surface area contributed by atoms with E-state index >= 15 is 0 Å². The average molecular weight is 383 g/mol. The second-order valence-corrected chi connectivity index (χ2v) is 7.31. The van der Waals surface area contributed by atoms with Crippen molar-refractivity contribution in [3.05, 3.63) is 48.3 Å². The van der Waals surface area contributed by atoms with E-state index in [1.807, 2.05) is 6.07 Å². The largest absolute Gasteiger partial charge is 0.378 e. The Balaban J connectivity index is 1.32. The first-order valence-electron chi connectivity index (χ1n) is 10.1. The summed E-state index contributed by atoms with van der Waals surface area (Å²) in [4.78, 5) is 13.5. The molecule has 1 aromatic carbocycles. The fourth-order valence-corrected chi connectivity index (χ4v) is 3.71. The van der Waals surface area contributed by atoms with Gasteiger partial charge < -0.3 is 19.7 Å². The first-order chi connectivity index (χ1) is 13.9. The maximum absolute atomic E-state index is 6.06. The monoisotopic (exact) mass is 383 g/mol. The van der Waals surface area contributed by atoms with E-state index in [1.165, 1.54) is 5.56 Å². The van der Waals surface area contributed by atoms with Gasteiger partial charge in [-0.1, -0.05) is 30.3 Å². The van der Waals surface area contributed by atoms with Crippen LogP contribution in [0.15, 0.2) is 42.7 Å². The molecule has 1 unspecified atom stereocenters. The van der Waals surface area contributed by atoms with E-state index in [0.29, 0.717) is 0 Å². The molecule has 7 heteroatoms. The maximum atomic E-state index is 6.06. The molecule has 0 amide bonds. The number of ether oxygens (including phenoxy) is 2. The quantitative estimate of drug-likeness (QED) is 0.819. The summed E-state index contributed by atoms with van der Waals surface area (Å²) >= 11 is 0. The minimum absolute atomic E-state index is 0.146. The van der Waals surface area contributed by atoms with Gasteiger partial charge in [-0.2, -0.15) is 0 Å². The van der Waals surface area contributed by atoms with Crippen LogP contribution in [0.1, 0.15) is 12.0 Å². The van der Waals surface area contributed by atoms with E-state index in [0.717, 1.165) is 77.1 Å². The van der Waals surface area contributed by atoms with Crippen molar-refractivity contribution in [1.29, 1.82) is 0 Å². The van der Waals surface area contributed by atoms with Crippen molar-refractivity contribution in [3.8, 4) is 0 Å². The van der Waals surface area contributed by atoms with Crippen molar-refractivity contribution >= 4 is 11.6 Å². The highest BCUT2D eigenvalue weighted by Crippen LogP contribution is 2.16. The smallest absolute Gasteiger partial charge is 0.134 e. The number of hydrogen-bond acceptors (Lipinski definition) is 7. The molecule has 1 N–H and O–H groups in total. The van der Waals surface area contributed by atoms with E-state index in [-0.39, 0.29) is 6.10 Å². The highest BCUT2D eigenvalue weighted by molar-refractivity contribution is 5.48. The summed E-state index contributed by atoms with van der Waals surface area (Å²) in [6.07, 6.45) is 2.84. The zero-order chi connectivity index (χ0) is 19.0. The normalized spacial score (nSPS) is 21.3. The topological polar surface area (TPSA) is 62.8 Å². The summed E-state index contributed by atoms with van der Waals surface area (Å²) in [6.45, 7) is 7.75. The van der Waals surface area contributed by atoms with Gasteiger partial charge in [-0.25, -0.2) is 9.97 Å². The van der Waals surface area contributed by atoms with Gasteiger partial charge in [-0.15, -0.1) is 0 Å². The third-order valence-electron chi connectivity index (χ3n) is 5.18. The zero-order valence-corrected chi connectivity index (χ0v) is 16.3. The molecule has 4 rings (SSSR count). The van der Waals surface area contributed by atoms with Gasteiger partial charge in [0.1, 0.15) is 18.0 Å². The van der Waals surface area contributed by atoms with Crippen LogP contribution in [0.3, 0.4) is 0 Å². The van der Waals surface area contributed by atoms with Gasteiger partial charge >= 0.3 is 0 Å². The maximum Gasteiger partial charge on any atom is 0.134 e. The molecular weight excluding hydrogens is 354 g/mol. The summed E-state index contributed by atoms with van der Waals surface area (Å²) in [5.74, 6) is 1.80. The molecular formula is C21H29N5O2. The van der Waals surface area contributed by atoms with Gasteiger partial charge in [0.25, 0.3) is 0 Å². The Kier molecular flexibility index (Phi) is 6.70. The van der Waals surface area contributed by atoms with Crippen molar-refractivity contribution in [2.45, 2.75) is 19.1 Å². The molecule has 2 aliphatic heterocycles. The van der Waals surface area contributed by atoms with Crippen LogP contribution in [0.4, 0.5) is 11.6 Å².